The Kier molecular flexibility index (Phi) is 3.15. The van der Waals surface area contributed by atoms with Crippen LogP contribution in [0.1, 0.15) is 31.2 Å². The maximum atomic E-state index is 13.2. The Bertz CT molecular complexity index is 425. The molecule has 0 bridgehead atoms. The third kappa shape index (κ3) is 2.17. The van der Waals surface area contributed by atoms with Crippen LogP contribution < -0.4 is 5.73 Å². The first-order valence-corrected chi connectivity index (χ1v) is 5.80. The normalized spacial score (nSPS) is 28.9. The van der Waals surface area contributed by atoms with Crippen molar-refractivity contribution < 1.29 is 14.3 Å². The topological polar surface area (TPSA) is 63.3 Å². The van der Waals surface area contributed by atoms with Gasteiger partial charge in [-0.2, -0.15) is 0 Å². The molecule has 0 spiro atoms. The van der Waals surface area contributed by atoms with Gasteiger partial charge in [0.05, 0.1) is 5.41 Å². The highest BCUT2D eigenvalue weighted by Gasteiger charge is 2.42. The average Bonchev–Trinajstić information content (AvgIpc) is 2.30. The lowest BCUT2D eigenvalue weighted by molar-refractivity contribution is -0.145. The first kappa shape index (κ1) is 12.0. The second-order valence-corrected chi connectivity index (χ2v) is 4.74. The molecule has 4 heteroatoms. The zero-order valence-corrected chi connectivity index (χ0v) is 9.53. The summed E-state index contributed by atoms with van der Waals surface area (Å²) in [5, 5.41) is 9.46. The molecule has 0 unspecified atom stereocenters. The lowest BCUT2D eigenvalue weighted by Crippen LogP contribution is -2.42. The van der Waals surface area contributed by atoms with Crippen molar-refractivity contribution in [1.82, 2.24) is 0 Å². The summed E-state index contributed by atoms with van der Waals surface area (Å²) in [5.74, 6) is -1.27. The van der Waals surface area contributed by atoms with Crippen molar-refractivity contribution in [3.8, 4) is 0 Å². The average molecular weight is 237 g/mol. The number of rotatable bonds is 2. The third-order valence-electron chi connectivity index (χ3n) is 3.67. The molecule has 0 aliphatic heterocycles. The summed E-state index contributed by atoms with van der Waals surface area (Å²) < 4.78 is 13.2. The Morgan fingerprint density at radius 1 is 1.41 bits per heavy atom. The molecular weight excluding hydrogens is 221 g/mol. The quantitative estimate of drug-likeness (QED) is 0.827. The molecular formula is C13H16FNO2. The number of benzene rings is 1. The van der Waals surface area contributed by atoms with Gasteiger partial charge in [0.1, 0.15) is 5.82 Å². The monoisotopic (exact) mass is 237 g/mol. The number of halogens is 1. The highest BCUT2D eigenvalue weighted by Crippen LogP contribution is 2.39. The van der Waals surface area contributed by atoms with E-state index in [0.29, 0.717) is 31.2 Å². The molecule has 1 saturated carbocycles. The number of carboxylic acid groups (broad SMARTS) is 1. The van der Waals surface area contributed by atoms with Crippen molar-refractivity contribution in [1.29, 1.82) is 0 Å². The number of carboxylic acids is 1. The van der Waals surface area contributed by atoms with E-state index in [9.17, 15) is 14.3 Å². The van der Waals surface area contributed by atoms with E-state index in [1.54, 1.807) is 12.1 Å². The maximum Gasteiger partial charge on any atom is 0.314 e. The lowest BCUT2D eigenvalue weighted by atomic mass is 9.68. The zero-order valence-electron chi connectivity index (χ0n) is 9.53. The SMILES string of the molecule is NC1CCC(C(=O)O)(c2cccc(F)c2)CC1. The van der Waals surface area contributed by atoms with Gasteiger partial charge in [0.15, 0.2) is 0 Å². The largest absolute Gasteiger partial charge is 0.481 e. The van der Waals surface area contributed by atoms with Gasteiger partial charge >= 0.3 is 5.97 Å². The summed E-state index contributed by atoms with van der Waals surface area (Å²) in [7, 11) is 0. The Hall–Kier alpha value is -1.42. The van der Waals surface area contributed by atoms with E-state index in [1.165, 1.54) is 12.1 Å². The van der Waals surface area contributed by atoms with Gasteiger partial charge in [-0.05, 0) is 43.4 Å². The van der Waals surface area contributed by atoms with Crippen molar-refractivity contribution >= 4 is 5.97 Å². The van der Waals surface area contributed by atoms with Gasteiger partial charge in [-0.25, -0.2) is 4.39 Å². The molecule has 0 amide bonds. The highest BCUT2D eigenvalue weighted by molar-refractivity contribution is 5.81. The molecule has 0 radical (unpaired) electrons. The van der Waals surface area contributed by atoms with E-state index in [0.717, 1.165) is 0 Å². The van der Waals surface area contributed by atoms with Crippen molar-refractivity contribution in [3.05, 3.63) is 35.6 Å². The summed E-state index contributed by atoms with van der Waals surface area (Å²) in [6.45, 7) is 0. The molecule has 1 aliphatic rings. The first-order chi connectivity index (χ1) is 8.04. The molecule has 1 aliphatic carbocycles. The fraction of sp³-hybridized carbons (Fsp3) is 0.462. The summed E-state index contributed by atoms with van der Waals surface area (Å²) in [6, 6.07) is 5.97. The molecule has 3 N–H and O–H groups in total. The predicted molar refractivity (Wildman–Crippen MR) is 62.2 cm³/mol. The van der Waals surface area contributed by atoms with Crippen LogP contribution in [0.4, 0.5) is 4.39 Å². The third-order valence-corrected chi connectivity index (χ3v) is 3.67. The molecule has 0 aromatic heterocycles. The highest BCUT2D eigenvalue weighted by atomic mass is 19.1. The van der Waals surface area contributed by atoms with E-state index in [1.807, 2.05) is 0 Å². The molecule has 1 aromatic carbocycles. The van der Waals surface area contributed by atoms with Crippen LogP contribution in [-0.4, -0.2) is 17.1 Å². The van der Waals surface area contributed by atoms with Gasteiger partial charge in [0.2, 0.25) is 0 Å². The molecule has 92 valence electrons. The van der Waals surface area contributed by atoms with Crippen molar-refractivity contribution in [2.75, 3.05) is 0 Å². The minimum atomic E-state index is -0.960. The Morgan fingerprint density at radius 3 is 2.59 bits per heavy atom. The summed E-state index contributed by atoms with van der Waals surface area (Å²) in [6.07, 6.45) is 2.30. The second-order valence-electron chi connectivity index (χ2n) is 4.74. The van der Waals surface area contributed by atoms with Crippen LogP contribution >= 0.6 is 0 Å². The van der Waals surface area contributed by atoms with Crippen molar-refractivity contribution in [2.45, 2.75) is 37.1 Å². The summed E-state index contributed by atoms with van der Waals surface area (Å²) >= 11 is 0. The van der Waals surface area contributed by atoms with Crippen LogP contribution in [-0.2, 0) is 10.2 Å². The van der Waals surface area contributed by atoms with Gasteiger partial charge in [0, 0.05) is 6.04 Å². The minimum Gasteiger partial charge on any atom is -0.481 e. The van der Waals surface area contributed by atoms with E-state index in [4.69, 9.17) is 5.73 Å². The molecule has 1 aromatic rings. The van der Waals surface area contributed by atoms with Gasteiger partial charge < -0.3 is 10.8 Å². The van der Waals surface area contributed by atoms with E-state index in [-0.39, 0.29) is 6.04 Å². The zero-order chi connectivity index (χ0) is 12.5. The minimum absolute atomic E-state index is 0.0658. The Labute approximate surface area is 99.4 Å². The summed E-state index contributed by atoms with van der Waals surface area (Å²) in [5.41, 5.74) is 5.39. The van der Waals surface area contributed by atoms with Crippen LogP contribution in [0.2, 0.25) is 0 Å². The number of nitrogens with two attached hydrogens (primary N) is 1. The molecule has 1 fully saturated rings. The molecule has 0 saturated heterocycles. The van der Waals surface area contributed by atoms with Crippen molar-refractivity contribution in [3.63, 3.8) is 0 Å². The molecule has 2 rings (SSSR count). The van der Waals surface area contributed by atoms with Crippen LogP contribution in [0, 0.1) is 5.82 Å². The fourth-order valence-electron chi connectivity index (χ4n) is 2.55. The van der Waals surface area contributed by atoms with E-state index >= 15 is 0 Å². The summed E-state index contributed by atoms with van der Waals surface area (Å²) in [4.78, 5) is 11.5. The molecule has 0 heterocycles. The van der Waals surface area contributed by atoms with Gasteiger partial charge in [-0.15, -0.1) is 0 Å². The van der Waals surface area contributed by atoms with Crippen molar-refractivity contribution in [2.24, 2.45) is 5.73 Å². The first-order valence-electron chi connectivity index (χ1n) is 5.80. The van der Waals surface area contributed by atoms with Gasteiger partial charge in [-0.1, -0.05) is 12.1 Å². The predicted octanol–water partition coefficient (Wildman–Crippen LogP) is 2.05. The van der Waals surface area contributed by atoms with Crippen LogP contribution in [0.3, 0.4) is 0 Å². The van der Waals surface area contributed by atoms with Crippen LogP contribution in [0.5, 0.6) is 0 Å². The maximum absolute atomic E-state index is 13.2. The second kappa shape index (κ2) is 4.45. The fourth-order valence-corrected chi connectivity index (χ4v) is 2.55. The smallest absolute Gasteiger partial charge is 0.314 e. The number of carbonyl (C=O) groups is 1. The molecule has 0 atom stereocenters. The van der Waals surface area contributed by atoms with E-state index < -0.39 is 17.2 Å². The van der Waals surface area contributed by atoms with Gasteiger partial charge in [0.25, 0.3) is 0 Å². The van der Waals surface area contributed by atoms with E-state index in [2.05, 4.69) is 0 Å². The number of hydrogen-bond acceptors (Lipinski definition) is 2. The number of aliphatic carboxylic acids is 1. The number of hydrogen-bond donors (Lipinski definition) is 2. The van der Waals surface area contributed by atoms with Crippen LogP contribution in [0.25, 0.3) is 0 Å². The standard InChI is InChI=1S/C13H16FNO2/c14-10-3-1-2-9(8-10)13(12(16)17)6-4-11(15)5-7-13/h1-3,8,11H,4-7,15H2,(H,16,17). The molecule has 3 nitrogen and oxygen atoms in total. The molecule has 17 heavy (non-hydrogen) atoms. The Balaban J connectivity index is 2.38. The lowest BCUT2D eigenvalue weighted by Gasteiger charge is -2.36. The Morgan fingerprint density at radius 2 is 2.06 bits per heavy atom. The van der Waals surface area contributed by atoms with Gasteiger partial charge in [-0.3, -0.25) is 4.79 Å². The van der Waals surface area contributed by atoms with Crippen LogP contribution in [0.15, 0.2) is 24.3 Å².